The van der Waals surface area contributed by atoms with Crippen molar-refractivity contribution >= 4 is 15.9 Å². The average molecular weight is 381 g/mol. The molecule has 1 saturated carbocycles. The van der Waals surface area contributed by atoms with Crippen LogP contribution in [-0.4, -0.2) is 56.8 Å². The Balaban J connectivity index is 1.71. The van der Waals surface area contributed by atoms with Gasteiger partial charge in [-0.3, -0.25) is 4.79 Å². The molecular formula is C19H28N2O4S. The third kappa shape index (κ3) is 3.88. The first-order valence-corrected chi connectivity index (χ1v) is 10.8. The lowest BCUT2D eigenvalue weighted by atomic mass is 9.97. The topological polar surface area (TPSA) is 66.9 Å². The molecular weight excluding hydrogens is 352 g/mol. The van der Waals surface area contributed by atoms with Crippen molar-refractivity contribution in [2.75, 3.05) is 27.2 Å². The van der Waals surface area contributed by atoms with Crippen LogP contribution in [0, 0.1) is 5.92 Å². The van der Waals surface area contributed by atoms with E-state index in [2.05, 4.69) is 0 Å². The van der Waals surface area contributed by atoms with Gasteiger partial charge in [-0.1, -0.05) is 12.8 Å². The maximum absolute atomic E-state index is 12.9. The molecule has 1 amide bonds. The normalized spacial score (nSPS) is 22.3. The van der Waals surface area contributed by atoms with Gasteiger partial charge in [0.05, 0.1) is 17.9 Å². The van der Waals surface area contributed by atoms with Crippen molar-refractivity contribution in [3.8, 4) is 5.75 Å². The largest absolute Gasteiger partial charge is 0.497 e. The molecule has 1 aromatic rings. The van der Waals surface area contributed by atoms with Crippen molar-refractivity contribution in [2.24, 2.45) is 5.92 Å². The lowest BCUT2D eigenvalue weighted by Gasteiger charge is -2.35. The quantitative estimate of drug-likeness (QED) is 0.787. The summed E-state index contributed by atoms with van der Waals surface area (Å²) in [7, 11) is -0.174. The Labute approximate surface area is 156 Å². The summed E-state index contributed by atoms with van der Waals surface area (Å²) in [5.74, 6) is 0.461. The Kier molecular flexibility index (Phi) is 5.87. The molecule has 0 N–H and O–H groups in total. The number of rotatable bonds is 5. The van der Waals surface area contributed by atoms with E-state index in [1.165, 1.54) is 17.1 Å². The van der Waals surface area contributed by atoms with Crippen molar-refractivity contribution in [1.82, 2.24) is 9.21 Å². The Morgan fingerprint density at radius 1 is 1.12 bits per heavy atom. The van der Waals surface area contributed by atoms with Crippen molar-refractivity contribution in [3.05, 3.63) is 24.3 Å². The highest BCUT2D eigenvalue weighted by atomic mass is 32.2. The Morgan fingerprint density at radius 2 is 1.77 bits per heavy atom. The van der Waals surface area contributed by atoms with Gasteiger partial charge in [-0.15, -0.1) is 0 Å². The van der Waals surface area contributed by atoms with Crippen molar-refractivity contribution in [2.45, 2.75) is 49.5 Å². The zero-order valence-corrected chi connectivity index (χ0v) is 16.4. The minimum atomic E-state index is -3.59. The smallest absolute Gasteiger partial charge is 0.243 e. The summed E-state index contributed by atoms with van der Waals surface area (Å²) in [5, 5.41) is 0. The molecule has 1 aliphatic carbocycles. The van der Waals surface area contributed by atoms with Crippen LogP contribution in [0.25, 0.3) is 0 Å². The number of hydrogen-bond donors (Lipinski definition) is 0. The number of benzene rings is 1. The van der Waals surface area contributed by atoms with Crippen LogP contribution in [0.5, 0.6) is 5.75 Å². The van der Waals surface area contributed by atoms with Crippen LogP contribution >= 0.6 is 0 Å². The standard InChI is InChI=1S/C19H28N2O4S/c1-20(16-7-3-4-8-16)19(22)15-6-5-13-21(14-15)26(23,24)18-11-9-17(25-2)10-12-18/h9-12,15-16H,3-8,13-14H2,1-2H3. The molecule has 1 atom stereocenters. The zero-order valence-electron chi connectivity index (χ0n) is 15.6. The monoisotopic (exact) mass is 380 g/mol. The molecule has 6 nitrogen and oxygen atoms in total. The SMILES string of the molecule is COc1ccc(S(=O)(=O)N2CCCC(C(=O)N(C)C3CCCC3)C2)cc1. The zero-order chi connectivity index (χ0) is 18.7. The van der Waals surface area contributed by atoms with Crippen LogP contribution in [0.1, 0.15) is 38.5 Å². The molecule has 1 saturated heterocycles. The number of amides is 1. The lowest BCUT2D eigenvalue weighted by molar-refractivity contribution is -0.137. The van der Waals surface area contributed by atoms with Crippen LogP contribution in [0.3, 0.4) is 0 Å². The molecule has 0 radical (unpaired) electrons. The summed E-state index contributed by atoms with van der Waals surface area (Å²) >= 11 is 0. The van der Waals surface area contributed by atoms with Gasteiger partial charge in [0.15, 0.2) is 0 Å². The van der Waals surface area contributed by atoms with Crippen molar-refractivity contribution in [1.29, 1.82) is 0 Å². The van der Waals surface area contributed by atoms with Gasteiger partial charge in [0, 0.05) is 26.2 Å². The van der Waals surface area contributed by atoms with Gasteiger partial charge >= 0.3 is 0 Å². The number of hydrogen-bond acceptors (Lipinski definition) is 4. The van der Waals surface area contributed by atoms with Gasteiger partial charge in [-0.25, -0.2) is 8.42 Å². The maximum Gasteiger partial charge on any atom is 0.243 e. The van der Waals surface area contributed by atoms with Crippen molar-refractivity contribution in [3.63, 3.8) is 0 Å². The van der Waals surface area contributed by atoms with Gasteiger partial charge in [-0.2, -0.15) is 4.31 Å². The molecule has 2 fully saturated rings. The lowest BCUT2D eigenvalue weighted by Crippen LogP contribution is -2.47. The van der Waals surface area contributed by atoms with Crippen LogP contribution in [0.15, 0.2) is 29.2 Å². The first kappa shape index (κ1) is 19.2. The van der Waals surface area contributed by atoms with E-state index in [9.17, 15) is 13.2 Å². The minimum absolute atomic E-state index is 0.0894. The molecule has 2 aliphatic rings. The van der Waals surface area contributed by atoms with Gasteiger partial charge in [-0.05, 0) is 49.9 Å². The second-order valence-electron chi connectivity index (χ2n) is 7.27. The van der Waals surface area contributed by atoms with Crippen LogP contribution < -0.4 is 4.74 Å². The predicted molar refractivity (Wildman–Crippen MR) is 99.5 cm³/mol. The maximum atomic E-state index is 12.9. The second-order valence-corrected chi connectivity index (χ2v) is 9.20. The fourth-order valence-electron chi connectivity index (χ4n) is 4.02. The van der Waals surface area contributed by atoms with E-state index in [0.717, 1.165) is 19.3 Å². The van der Waals surface area contributed by atoms with Gasteiger partial charge in [0.2, 0.25) is 15.9 Å². The molecule has 1 heterocycles. The highest BCUT2D eigenvalue weighted by Gasteiger charge is 2.36. The Hall–Kier alpha value is -1.60. The third-order valence-electron chi connectivity index (χ3n) is 5.65. The fraction of sp³-hybridized carbons (Fsp3) is 0.632. The number of carbonyl (C=O) groups excluding carboxylic acids is 1. The predicted octanol–water partition coefficient (Wildman–Crippen LogP) is 2.50. The number of carbonyl (C=O) groups is 1. The molecule has 26 heavy (non-hydrogen) atoms. The molecule has 1 unspecified atom stereocenters. The highest BCUT2D eigenvalue weighted by molar-refractivity contribution is 7.89. The summed E-state index contributed by atoms with van der Waals surface area (Å²) in [6, 6.07) is 6.73. The first-order chi connectivity index (χ1) is 12.4. The fourth-order valence-corrected chi connectivity index (χ4v) is 5.54. The number of nitrogens with zero attached hydrogens (tertiary/aromatic N) is 2. The van der Waals surface area contributed by atoms with Crippen LogP contribution in [0.4, 0.5) is 0 Å². The molecule has 1 aromatic carbocycles. The minimum Gasteiger partial charge on any atom is -0.497 e. The van der Waals surface area contributed by atoms with E-state index in [1.54, 1.807) is 31.4 Å². The molecule has 0 aromatic heterocycles. The van der Waals surface area contributed by atoms with E-state index in [4.69, 9.17) is 4.74 Å². The third-order valence-corrected chi connectivity index (χ3v) is 7.53. The first-order valence-electron chi connectivity index (χ1n) is 9.34. The van der Waals surface area contributed by atoms with E-state index in [1.807, 2.05) is 11.9 Å². The molecule has 7 heteroatoms. The molecule has 144 valence electrons. The van der Waals surface area contributed by atoms with E-state index >= 15 is 0 Å². The van der Waals surface area contributed by atoms with Gasteiger partial charge < -0.3 is 9.64 Å². The van der Waals surface area contributed by atoms with Crippen molar-refractivity contribution < 1.29 is 17.9 Å². The Bertz CT molecular complexity index is 726. The molecule has 1 aliphatic heterocycles. The van der Waals surface area contributed by atoms with Gasteiger partial charge in [0.25, 0.3) is 0 Å². The Morgan fingerprint density at radius 3 is 2.38 bits per heavy atom. The van der Waals surface area contributed by atoms with Crippen LogP contribution in [-0.2, 0) is 14.8 Å². The van der Waals surface area contributed by atoms with Gasteiger partial charge in [0.1, 0.15) is 5.75 Å². The average Bonchev–Trinajstić information content (AvgIpc) is 3.21. The summed E-state index contributed by atoms with van der Waals surface area (Å²) in [5.41, 5.74) is 0. The van der Waals surface area contributed by atoms with E-state index < -0.39 is 10.0 Å². The molecule has 0 spiro atoms. The molecule has 0 bridgehead atoms. The van der Waals surface area contributed by atoms with Crippen LogP contribution in [0.2, 0.25) is 0 Å². The second kappa shape index (κ2) is 7.96. The number of piperidine rings is 1. The summed E-state index contributed by atoms with van der Waals surface area (Å²) in [6.45, 7) is 0.732. The molecule has 3 rings (SSSR count). The summed E-state index contributed by atoms with van der Waals surface area (Å²) < 4.78 is 32.4. The summed E-state index contributed by atoms with van der Waals surface area (Å²) in [6.07, 6.45) is 5.93. The van der Waals surface area contributed by atoms with E-state index in [0.29, 0.717) is 24.8 Å². The number of ether oxygens (including phenoxy) is 1. The number of sulfonamides is 1. The van der Waals surface area contributed by atoms with E-state index in [-0.39, 0.29) is 23.3 Å². The summed E-state index contributed by atoms with van der Waals surface area (Å²) in [4.78, 5) is 15.0. The number of methoxy groups -OCH3 is 1. The highest BCUT2D eigenvalue weighted by Crippen LogP contribution is 2.28.